The number of fused-ring (bicyclic) bond motifs is 3. The van der Waals surface area contributed by atoms with Crippen molar-refractivity contribution in [2.45, 2.75) is 33.2 Å². The lowest BCUT2D eigenvalue weighted by Crippen LogP contribution is -2.49. The smallest absolute Gasteiger partial charge is 0.306 e. The van der Waals surface area contributed by atoms with Crippen molar-refractivity contribution in [3.63, 3.8) is 0 Å². The molecule has 0 saturated carbocycles. The molecule has 1 fully saturated rings. The lowest BCUT2D eigenvalue weighted by atomic mass is 9.99. The molecule has 0 radical (unpaired) electrons. The molecular formula is C29H32N5O2+. The largest absolute Gasteiger partial charge is 0.466 e. The van der Waals surface area contributed by atoms with Gasteiger partial charge in [0.2, 0.25) is 11.5 Å². The van der Waals surface area contributed by atoms with Crippen LogP contribution in [0, 0.1) is 18.3 Å². The summed E-state index contributed by atoms with van der Waals surface area (Å²) in [5, 5.41) is 10.1. The third kappa shape index (κ3) is 4.52. The normalized spacial score (nSPS) is 14.3. The van der Waals surface area contributed by atoms with E-state index in [1.54, 1.807) is 0 Å². The zero-order valence-electron chi connectivity index (χ0n) is 21.0. The molecule has 2 aromatic heterocycles. The number of pyridine rings is 1. The van der Waals surface area contributed by atoms with E-state index in [4.69, 9.17) is 4.74 Å². The minimum atomic E-state index is -0.210. The predicted molar refractivity (Wildman–Crippen MR) is 140 cm³/mol. The van der Waals surface area contributed by atoms with Gasteiger partial charge in [0, 0.05) is 31.6 Å². The van der Waals surface area contributed by atoms with Gasteiger partial charge >= 0.3 is 5.97 Å². The molecule has 1 aliphatic heterocycles. The molecule has 0 amide bonds. The first-order valence-electron chi connectivity index (χ1n) is 12.7. The van der Waals surface area contributed by atoms with Crippen molar-refractivity contribution in [2.24, 2.45) is 0 Å². The zero-order chi connectivity index (χ0) is 25.1. The number of carbonyl (C=O) groups excluding carboxylic acids is 1. The number of esters is 1. The predicted octanol–water partition coefficient (Wildman–Crippen LogP) is 3.90. The molecule has 1 aliphatic rings. The number of anilines is 1. The minimum Gasteiger partial charge on any atom is -0.466 e. The Morgan fingerprint density at radius 2 is 1.81 bits per heavy atom. The van der Waals surface area contributed by atoms with Crippen LogP contribution in [0.25, 0.3) is 16.7 Å². The van der Waals surface area contributed by atoms with Crippen LogP contribution in [0.5, 0.6) is 0 Å². The fourth-order valence-corrected chi connectivity index (χ4v) is 5.29. The maximum absolute atomic E-state index is 12.3. The van der Waals surface area contributed by atoms with Crippen LogP contribution < -0.4 is 9.30 Å². The second-order valence-corrected chi connectivity index (χ2v) is 9.29. The number of nitrogens with zero attached hydrogens (tertiary/aromatic N) is 4. The Bertz CT molecular complexity index is 1430. The van der Waals surface area contributed by atoms with Crippen molar-refractivity contribution < 1.29 is 13.9 Å². The number of H-pyrrole nitrogens is 1. The molecule has 0 spiro atoms. The number of nitrogens with one attached hydrogen (secondary N) is 1. The number of hydrogen-bond donors (Lipinski definition) is 1. The number of aromatic amines is 1. The zero-order valence-corrected chi connectivity index (χ0v) is 21.0. The third-order valence-electron chi connectivity index (χ3n) is 7.08. The van der Waals surface area contributed by atoms with E-state index in [1.165, 1.54) is 5.56 Å². The van der Waals surface area contributed by atoms with Crippen LogP contribution in [0.15, 0.2) is 54.6 Å². The van der Waals surface area contributed by atoms with E-state index in [0.29, 0.717) is 18.6 Å². The Hall–Kier alpha value is -3.89. The highest BCUT2D eigenvalue weighted by molar-refractivity contribution is 5.78. The number of aromatic nitrogens is 2. The van der Waals surface area contributed by atoms with Crippen LogP contribution in [-0.4, -0.2) is 48.6 Å². The Morgan fingerprint density at radius 1 is 1.08 bits per heavy atom. The van der Waals surface area contributed by atoms with Crippen molar-refractivity contribution in [3.05, 3.63) is 76.9 Å². The summed E-state index contributed by atoms with van der Waals surface area (Å²) < 4.78 is 7.41. The minimum absolute atomic E-state index is 0.210. The quantitative estimate of drug-likeness (QED) is 0.319. The Labute approximate surface area is 211 Å². The monoisotopic (exact) mass is 482 g/mol. The summed E-state index contributed by atoms with van der Waals surface area (Å²) >= 11 is 0. The number of imidazole rings is 1. The maximum Gasteiger partial charge on any atom is 0.306 e. The molecule has 5 rings (SSSR count). The molecule has 0 atom stereocenters. The molecule has 0 unspecified atom stereocenters. The highest BCUT2D eigenvalue weighted by Crippen LogP contribution is 2.30. The topological polar surface area (TPSA) is 76.5 Å². The van der Waals surface area contributed by atoms with Gasteiger partial charge in [0.25, 0.3) is 0 Å². The van der Waals surface area contributed by atoms with Gasteiger partial charge in [-0.3, -0.25) is 19.6 Å². The van der Waals surface area contributed by atoms with E-state index in [-0.39, 0.29) is 12.4 Å². The van der Waals surface area contributed by atoms with Crippen molar-refractivity contribution in [1.82, 2.24) is 9.88 Å². The third-order valence-corrected chi connectivity index (χ3v) is 7.08. The number of ether oxygens (including phenoxy) is 1. The van der Waals surface area contributed by atoms with Gasteiger partial charge in [-0.25, -0.2) is 0 Å². The van der Waals surface area contributed by atoms with Gasteiger partial charge < -0.3 is 4.74 Å². The average molecular weight is 483 g/mol. The van der Waals surface area contributed by atoms with Crippen LogP contribution >= 0.6 is 0 Å². The van der Waals surface area contributed by atoms with Gasteiger partial charge in [-0.2, -0.15) is 9.66 Å². The van der Waals surface area contributed by atoms with Crippen LogP contribution in [0.2, 0.25) is 0 Å². The van der Waals surface area contributed by atoms with Crippen LogP contribution in [-0.2, 0) is 22.5 Å². The summed E-state index contributed by atoms with van der Waals surface area (Å²) in [5.74, 6) is 0.862. The van der Waals surface area contributed by atoms with E-state index < -0.39 is 0 Å². The molecule has 4 aromatic rings. The fourth-order valence-electron chi connectivity index (χ4n) is 5.29. The van der Waals surface area contributed by atoms with E-state index in [2.05, 4.69) is 61.7 Å². The molecule has 184 valence electrons. The molecule has 1 saturated heterocycles. The fraction of sp³-hybridized carbons (Fsp3) is 0.345. The summed E-state index contributed by atoms with van der Waals surface area (Å²) in [6.45, 7) is 8.74. The molecule has 7 heteroatoms. The Balaban J connectivity index is 1.56. The maximum atomic E-state index is 12.3. The average Bonchev–Trinajstić information content (AvgIpc) is 3.27. The first-order chi connectivity index (χ1) is 17.6. The molecule has 0 aliphatic carbocycles. The van der Waals surface area contributed by atoms with Crippen molar-refractivity contribution in [1.29, 1.82) is 5.26 Å². The van der Waals surface area contributed by atoms with Gasteiger partial charge in [-0.1, -0.05) is 42.5 Å². The van der Waals surface area contributed by atoms with Crippen molar-refractivity contribution >= 4 is 28.5 Å². The summed E-state index contributed by atoms with van der Waals surface area (Å²) in [7, 11) is 0. The second kappa shape index (κ2) is 10.4. The number of rotatable bonds is 7. The summed E-state index contributed by atoms with van der Waals surface area (Å²) in [6, 6.07) is 21.1. The Morgan fingerprint density at radius 3 is 2.53 bits per heavy atom. The lowest BCUT2D eigenvalue weighted by Gasteiger charge is -2.34. The molecule has 0 bridgehead atoms. The number of hydrogen-bond acceptors (Lipinski definition) is 5. The molecule has 3 heterocycles. The summed E-state index contributed by atoms with van der Waals surface area (Å²) in [4.78, 5) is 20.7. The molecule has 1 N–H and O–H groups in total. The van der Waals surface area contributed by atoms with E-state index in [0.717, 1.165) is 66.3 Å². The van der Waals surface area contributed by atoms with Gasteiger partial charge in [0.15, 0.2) is 0 Å². The summed E-state index contributed by atoms with van der Waals surface area (Å²) in [5.41, 5.74) is 6.73. The first kappa shape index (κ1) is 23.8. The van der Waals surface area contributed by atoms with Crippen LogP contribution in [0.4, 0.5) is 5.82 Å². The molecule has 7 nitrogen and oxygen atoms in total. The van der Waals surface area contributed by atoms with E-state index in [1.807, 2.05) is 32.0 Å². The van der Waals surface area contributed by atoms with Crippen LogP contribution in [0.3, 0.4) is 0 Å². The SMILES string of the molecule is CCOC(=O)CCc1c(C)c(C#N)c2[nH]c3ccccc3[n+]2c1N1CCN(Cc2ccccc2)CC1. The van der Waals surface area contributed by atoms with E-state index in [9.17, 15) is 10.1 Å². The van der Waals surface area contributed by atoms with Crippen molar-refractivity contribution in [2.75, 3.05) is 37.7 Å². The highest BCUT2D eigenvalue weighted by atomic mass is 16.5. The second-order valence-electron chi connectivity index (χ2n) is 9.29. The molecule has 2 aromatic carbocycles. The number of carbonyl (C=O) groups is 1. The van der Waals surface area contributed by atoms with Gasteiger partial charge in [-0.05, 0) is 43.5 Å². The number of nitriles is 1. The highest BCUT2D eigenvalue weighted by Gasteiger charge is 2.32. The lowest BCUT2D eigenvalue weighted by molar-refractivity contribution is -0.468. The van der Waals surface area contributed by atoms with E-state index >= 15 is 0 Å². The van der Waals surface area contributed by atoms with Crippen LogP contribution in [0.1, 0.15) is 35.6 Å². The number of para-hydroxylation sites is 2. The van der Waals surface area contributed by atoms with Gasteiger partial charge in [-0.15, -0.1) is 0 Å². The van der Waals surface area contributed by atoms with Gasteiger partial charge in [0.05, 0.1) is 19.7 Å². The number of piperazine rings is 1. The summed E-state index contributed by atoms with van der Waals surface area (Å²) in [6.07, 6.45) is 0.816. The molecule has 36 heavy (non-hydrogen) atoms. The standard InChI is InChI=1S/C29H31N5O2/c1-3-36-27(35)14-13-23-21(2)24(19-30)28-31-25-11-7-8-12-26(25)34(28)29(23)33-17-15-32(16-18-33)20-22-9-5-4-6-10-22/h4-12H,3,13-18,20H2,1-2H3/p+1. The molecular weight excluding hydrogens is 450 g/mol. The Kier molecular flexibility index (Phi) is 6.88. The van der Waals surface area contributed by atoms with Gasteiger partial charge in [0.1, 0.15) is 22.7 Å². The number of benzene rings is 2. The first-order valence-corrected chi connectivity index (χ1v) is 12.7. The van der Waals surface area contributed by atoms with Crippen molar-refractivity contribution in [3.8, 4) is 6.07 Å².